The second-order valence-electron chi connectivity index (χ2n) is 10.7. The molecule has 0 amide bonds. The number of non-ortho nitro benzene ring substituents is 1. The van der Waals surface area contributed by atoms with Crippen LogP contribution in [-0.4, -0.2) is 28.7 Å². The van der Waals surface area contributed by atoms with Gasteiger partial charge in [-0.05, 0) is 67.4 Å². The Balaban J connectivity index is 1.51. The number of esters is 1. The summed E-state index contributed by atoms with van der Waals surface area (Å²) in [4.78, 5) is 43.5. The van der Waals surface area contributed by atoms with Crippen molar-refractivity contribution in [3.63, 3.8) is 0 Å². The number of carbonyl (C=O) groups is 1. The molecule has 0 saturated carbocycles. The van der Waals surface area contributed by atoms with Gasteiger partial charge in [0.25, 0.3) is 11.2 Å². The van der Waals surface area contributed by atoms with Gasteiger partial charge in [-0.15, -0.1) is 0 Å². The van der Waals surface area contributed by atoms with Crippen molar-refractivity contribution in [3.8, 4) is 11.5 Å². The molecule has 5 aromatic rings. The molecular weight excluding hydrogens is 618 g/mol. The van der Waals surface area contributed by atoms with Crippen LogP contribution in [0.15, 0.2) is 106 Å². The molecule has 0 bridgehead atoms. The normalized spacial score (nSPS) is 14.4. The number of hydrogen-bond acceptors (Lipinski definition) is 9. The molecule has 0 spiro atoms. The summed E-state index contributed by atoms with van der Waals surface area (Å²) in [5, 5.41) is 12.9. The highest BCUT2D eigenvalue weighted by molar-refractivity contribution is 7.07. The van der Waals surface area contributed by atoms with Gasteiger partial charge in [-0.1, -0.05) is 59.9 Å². The lowest BCUT2D eigenvalue weighted by atomic mass is 9.95. The van der Waals surface area contributed by atoms with Gasteiger partial charge in [0, 0.05) is 23.3 Å². The number of ether oxygens (including phenoxy) is 3. The van der Waals surface area contributed by atoms with Crippen molar-refractivity contribution in [2.45, 2.75) is 33.4 Å². The molecule has 0 fully saturated rings. The maximum Gasteiger partial charge on any atom is 0.338 e. The molecule has 10 nitrogen and oxygen atoms in total. The van der Waals surface area contributed by atoms with Gasteiger partial charge in [-0.3, -0.25) is 19.5 Å². The quantitative estimate of drug-likeness (QED) is 0.106. The second-order valence-corrected chi connectivity index (χ2v) is 11.7. The van der Waals surface area contributed by atoms with Crippen LogP contribution in [-0.2, 0) is 16.1 Å². The summed E-state index contributed by atoms with van der Waals surface area (Å²) in [5.41, 5.74) is 2.51. The van der Waals surface area contributed by atoms with Crippen LogP contribution in [0, 0.1) is 10.1 Å². The van der Waals surface area contributed by atoms with Gasteiger partial charge >= 0.3 is 5.97 Å². The van der Waals surface area contributed by atoms with E-state index in [2.05, 4.69) is 0 Å². The number of thiazole rings is 1. The van der Waals surface area contributed by atoms with Gasteiger partial charge in [0.1, 0.15) is 24.1 Å². The molecule has 0 aliphatic carbocycles. The highest BCUT2D eigenvalue weighted by Crippen LogP contribution is 2.36. The molecule has 1 aliphatic heterocycles. The first-order valence-electron chi connectivity index (χ1n) is 15.1. The molecular formula is C36H31N3O7S. The average Bonchev–Trinajstić information content (AvgIpc) is 3.38. The first kappa shape index (κ1) is 31.4. The minimum Gasteiger partial charge on any atom is -0.494 e. The van der Waals surface area contributed by atoms with Crippen molar-refractivity contribution in [2.24, 2.45) is 4.99 Å². The number of fused-ring (bicyclic) bond motifs is 2. The van der Waals surface area contributed by atoms with Crippen LogP contribution >= 0.6 is 11.3 Å². The minimum absolute atomic E-state index is 0.000876. The largest absolute Gasteiger partial charge is 0.494 e. The van der Waals surface area contributed by atoms with E-state index in [-0.39, 0.29) is 30.0 Å². The van der Waals surface area contributed by atoms with E-state index in [9.17, 15) is 19.7 Å². The number of allylic oxidation sites excluding steroid dienone is 1. The van der Waals surface area contributed by atoms with E-state index in [0.717, 1.165) is 16.3 Å². The Morgan fingerprint density at radius 2 is 1.70 bits per heavy atom. The lowest BCUT2D eigenvalue weighted by molar-refractivity contribution is -0.384. The highest BCUT2D eigenvalue weighted by Gasteiger charge is 2.35. The molecule has 6 rings (SSSR count). The van der Waals surface area contributed by atoms with E-state index in [1.807, 2.05) is 67.6 Å². The first-order valence-corrected chi connectivity index (χ1v) is 15.9. The van der Waals surface area contributed by atoms with Crippen molar-refractivity contribution in [1.29, 1.82) is 0 Å². The molecule has 1 aliphatic rings. The van der Waals surface area contributed by atoms with E-state index in [1.165, 1.54) is 28.0 Å². The van der Waals surface area contributed by atoms with Crippen molar-refractivity contribution in [2.75, 3.05) is 13.2 Å². The summed E-state index contributed by atoms with van der Waals surface area (Å²) in [6.45, 7) is 6.09. The maximum atomic E-state index is 14.4. The third-order valence-corrected chi connectivity index (χ3v) is 8.76. The Morgan fingerprint density at radius 1 is 0.957 bits per heavy atom. The van der Waals surface area contributed by atoms with Gasteiger partial charge in [0.15, 0.2) is 4.80 Å². The first-order chi connectivity index (χ1) is 22.8. The molecule has 2 heterocycles. The van der Waals surface area contributed by atoms with Crippen LogP contribution in [0.5, 0.6) is 11.5 Å². The topological polar surface area (TPSA) is 122 Å². The monoisotopic (exact) mass is 649 g/mol. The smallest absolute Gasteiger partial charge is 0.338 e. The number of benzene rings is 4. The van der Waals surface area contributed by atoms with Crippen LogP contribution in [0.2, 0.25) is 0 Å². The molecule has 1 atom stereocenters. The number of aromatic nitrogens is 1. The van der Waals surface area contributed by atoms with E-state index in [4.69, 9.17) is 19.2 Å². The maximum absolute atomic E-state index is 14.4. The second kappa shape index (κ2) is 13.4. The summed E-state index contributed by atoms with van der Waals surface area (Å²) in [6, 6.07) is 24.3. The Labute approximate surface area is 273 Å². The van der Waals surface area contributed by atoms with Gasteiger partial charge in [-0.2, -0.15) is 0 Å². The fourth-order valence-corrected chi connectivity index (χ4v) is 6.66. The zero-order valence-electron chi connectivity index (χ0n) is 26.0. The minimum atomic E-state index is -0.819. The lowest BCUT2D eigenvalue weighted by Gasteiger charge is -2.26. The predicted octanol–water partition coefficient (Wildman–Crippen LogP) is 5.84. The summed E-state index contributed by atoms with van der Waals surface area (Å²) < 4.78 is 19.6. The zero-order valence-corrected chi connectivity index (χ0v) is 26.8. The molecule has 0 saturated heterocycles. The van der Waals surface area contributed by atoms with Gasteiger partial charge in [0.2, 0.25) is 0 Å². The Kier molecular flexibility index (Phi) is 8.99. The standard InChI is InChI=1S/C36H31N3O7S/c1-4-44-29-13-9-8-12-27(29)33-32(35(41)45-5-2)22(3)37-36-38(33)34(40)31(47-36)20-28-26-11-7-6-10-24(26)16-19-30(28)46-21-23-14-17-25(18-15-23)39(42)43/h6-20,33H,4-5,21H2,1-3H3/b31-20-/t33-/m0/s1. The van der Waals surface area contributed by atoms with Gasteiger partial charge in [-0.25, -0.2) is 9.79 Å². The summed E-state index contributed by atoms with van der Waals surface area (Å²) in [5.74, 6) is 0.548. The lowest BCUT2D eigenvalue weighted by Crippen LogP contribution is -2.40. The van der Waals surface area contributed by atoms with E-state index in [1.54, 1.807) is 32.1 Å². The number of carbonyl (C=O) groups excluding carboxylic acids is 1. The summed E-state index contributed by atoms with van der Waals surface area (Å²) in [7, 11) is 0. The van der Waals surface area contributed by atoms with E-state index >= 15 is 0 Å². The molecule has 47 heavy (non-hydrogen) atoms. The van der Waals surface area contributed by atoms with Crippen molar-refractivity contribution < 1.29 is 23.9 Å². The molecule has 0 radical (unpaired) electrons. The summed E-state index contributed by atoms with van der Waals surface area (Å²) >= 11 is 1.22. The number of para-hydroxylation sites is 1. The number of rotatable bonds is 10. The third-order valence-electron chi connectivity index (χ3n) is 7.78. The zero-order chi connectivity index (χ0) is 33.1. The average molecular weight is 650 g/mol. The molecule has 4 aromatic carbocycles. The fraction of sp³-hybridized carbons (Fsp3) is 0.194. The molecule has 0 unspecified atom stereocenters. The van der Waals surface area contributed by atoms with E-state index in [0.29, 0.717) is 44.3 Å². The number of nitrogens with zero attached hydrogens (tertiary/aromatic N) is 3. The summed E-state index contributed by atoms with van der Waals surface area (Å²) in [6.07, 6.45) is 1.80. The van der Waals surface area contributed by atoms with Crippen molar-refractivity contribution >= 4 is 39.8 Å². The number of nitro benzene ring substituents is 1. The molecule has 238 valence electrons. The van der Waals surface area contributed by atoms with Crippen LogP contribution in [0.4, 0.5) is 5.69 Å². The molecule has 0 N–H and O–H groups in total. The predicted molar refractivity (Wildman–Crippen MR) is 179 cm³/mol. The Bertz CT molecular complexity index is 2220. The van der Waals surface area contributed by atoms with Crippen LogP contribution in [0.1, 0.15) is 43.5 Å². The van der Waals surface area contributed by atoms with Crippen LogP contribution in [0.25, 0.3) is 16.8 Å². The third kappa shape index (κ3) is 6.17. The van der Waals surface area contributed by atoms with Gasteiger partial charge in [0.05, 0.1) is 33.9 Å². The molecule has 11 heteroatoms. The Hall–Kier alpha value is -5.55. The number of hydrogen-bond donors (Lipinski definition) is 0. The highest BCUT2D eigenvalue weighted by atomic mass is 32.1. The van der Waals surface area contributed by atoms with Crippen molar-refractivity contribution in [1.82, 2.24) is 4.57 Å². The van der Waals surface area contributed by atoms with Crippen LogP contribution in [0.3, 0.4) is 0 Å². The van der Waals surface area contributed by atoms with E-state index < -0.39 is 16.9 Å². The fourth-order valence-electron chi connectivity index (χ4n) is 5.64. The van der Waals surface area contributed by atoms with Gasteiger partial charge < -0.3 is 14.2 Å². The number of nitro groups is 1. The molecule has 1 aromatic heterocycles. The Morgan fingerprint density at radius 3 is 2.45 bits per heavy atom. The van der Waals surface area contributed by atoms with Crippen LogP contribution < -0.4 is 24.4 Å². The SMILES string of the molecule is CCOC(=O)C1=C(C)N=c2s/c(=C\c3c(OCc4ccc([N+](=O)[O-])cc4)ccc4ccccc34)c(=O)n2[C@H]1c1ccccc1OCC. The van der Waals surface area contributed by atoms with Crippen molar-refractivity contribution in [3.05, 3.63) is 143 Å².